The van der Waals surface area contributed by atoms with Crippen molar-refractivity contribution in [1.82, 2.24) is 4.90 Å². The Bertz CT molecular complexity index is 783. The third kappa shape index (κ3) is 3.01. The van der Waals surface area contributed by atoms with E-state index < -0.39 is 0 Å². The largest absolute Gasteiger partial charge is 0.361 e. The summed E-state index contributed by atoms with van der Waals surface area (Å²) < 4.78 is 0. The lowest BCUT2D eigenvalue weighted by atomic mass is 10.0. The molecule has 0 saturated carbocycles. The fourth-order valence-corrected chi connectivity index (χ4v) is 2.84. The molecule has 1 atom stereocenters. The molecule has 0 spiro atoms. The Hall–Kier alpha value is -3.08. The zero-order valence-electron chi connectivity index (χ0n) is 13.5. The number of carbonyl (C=O) groups is 2. The van der Waals surface area contributed by atoms with Gasteiger partial charge in [-0.15, -0.1) is 6.58 Å². The van der Waals surface area contributed by atoms with E-state index in [9.17, 15) is 9.59 Å². The molecule has 5 nitrogen and oxygen atoms in total. The lowest BCUT2D eigenvalue weighted by molar-refractivity contribution is -0.114. The van der Waals surface area contributed by atoms with Crippen LogP contribution in [-0.2, 0) is 4.79 Å². The van der Waals surface area contributed by atoms with Gasteiger partial charge < -0.3 is 15.5 Å². The number of para-hydroxylation sites is 1. The summed E-state index contributed by atoms with van der Waals surface area (Å²) >= 11 is 0. The van der Waals surface area contributed by atoms with Gasteiger partial charge in [-0.2, -0.15) is 0 Å². The van der Waals surface area contributed by atoms with Crippen molar-refractivity contribution in [3.63, 3.8) is 0 Å². The van der Waals surface area contributed by atoms with E-state index in [1.807, 2.05) is 48.5 Å². The smallest absolute Gasteiger partial charge is 0.258 e. The van der Waals surface area contributed by atoms with Gasteiger partial charge in [0, 0.05) is 24.8 Å². The maximum absolute atomic E-state index is 12.8. The normalized spacial score (nSPS) is 16.1. The summed E-state index contributed by atoms with van der Waals surface area (Å²) in [6.45, 7) is 5.66. The van der Waals surface area contributed by atoms with Gasteiger partial charge in [0.25, 0.3) is 5.91 Å². The topological polar surface area (TPSA) is 61.4 Å². The second kappa shape index (κ2) is 6.58. The number of hydrogen-bond donors (Lipinski definition) is 2. The molecule has 0 fully saturated rings. The fraction of sp³-hybridized carbons (Fsp3) is 0.158. The second-order valence-electron chi connectivity index (χ2n) is 5.64. The third-order valence-electron chi connectivity index (χ3n) is 3.89. The van der Waals surface area contributed by atoms with Crippen molar-refractivity contribution in [3.05, 3.63) is 72.3 Å². The van der Waals surface area contributed by atoms with Crippen molar-refractivity contribution in [2.45, 2.75) is 13.1 Å². The Morgan fingerprint density at radius 2 is 1.96 bits per heavy atom. The van der Waals surface area contributed by atoms with Crippen LogP contribution in [0.2, 0.25) is 0 Å². The predicted molar refractivity (Wildman–Crippen MR) is 94.8 cm³/mol. The molecule has 2 aromatic carbocycles. The first-order valence-corrected chi connectivity index (χ1v) is 7.75. The minimum atomic E-state index is -0.281. The highest BCUT2D eigenvalue weighted by Crippen LogP contribution is 2.33. The van der Waals surface area contributed by atoms with Gasteiger partial charge in [0.1, 0.15) is 6.17 Å². The van der Waals surface area contributed by atoms with E-state index in [2.05, 4.69) is 17.2 Å². The minimum absolute atomic E-state index is 0.0276. The van der Waals surface area contributed by atoms with Gasteiger partial charge in [0.05, 0.1) is 5.56 Å². The number of anilines is 2. The fourth-order valence-electron chi connectivity index (χ4n) is 2.84. The molecule has 3 rings (SSSR count). The number of hydrogen-bond acceptors (Lipinski definition) is 3. The molecule has 0 aliphatic carbocycles. The lowest BCUT2D eigenvalue weighted by Crippen LogP contribution is -2.42. The van der Waals surface area contributed by atoms with E-state index in [-0.39, 0.29) is 18.0 Å². The highest BCUT2D eigenvalue weighted by molar-refractivity contribution is 6.01. The molecule has 0 aromatic heterocycles. The molecule has 2 aromatic rings. The van der Waals surface area contributed by atoms with Gasteiger partial charge in [-0.1, -0.05) is 30.3 Å². The summed E-state index contributed by atoms with van der Waals surface area (Å²) in [6, 6.07) is 14.9. The van der Waals surface area contributed by atoms with Crippen molar-refractivity contribution < 1.29 is 9.59 Å². The van der Waals surface area contributed by atoms with Crippen LogP contribution in [0.4, 0.5) is 11.4 Å². The maximum Gasteiger partial charge on any atom is 0.258 e. The van der Waals surface area contributed by atoms with E-state index in [1.54, 1.807) is 11.0 Å². The van der Waals surface area contributed by atoms with Crippen LogP contribution in [0.5, 0.6) is 0 Å². The van der Waals surface area contributed by atoms with E-state index in [0.29, 0.717) is 12.1 Å². The van der Waals surface area contributed by atoms with Crippen LogP contribution >= 0.6 is 0 Å². The Morgan fingerprint density at radius 3 is 2.62 bits per heavy atom. The lowest BCUT2D eigenvalue weighted by Gasteiger charge is -2.37. The molecule has 0 saturated heterocycles. The monoisotopic (exact) mass is 321 g/mol. The molecular formula is C19H19N3O2. The number of nitrogens with one attached hydrogen (secondary N) is 2. The molecule has 0 radical (unpaired) electrons. The Morgan fingerprint density at radius 1 is 1.25 bits per heavy atom. The molecule has 122 valence electrons. The summed E-state index contributed by atoms with van der Waals surface area (Å²) in [7, 11) is 0. The van der Waals surface area contributed by atoms with Crippen LogP contribution in [0, 0.1) is 0 Å². The molecule has 5 heteroatoms. The summed E-state index contributed by atoms with van der Waals surface area (Å²) in [6.07, 6.45) is 1.43. The Labute approximate surface area is 141 Å². The molecule has 2 N–H and O–H groups in total. The van der Waals surface area contributed by atoms with Crippen LogP contribution in [0.3, 0.4) is 0 Å². The van der Waals surface area contributed by atoms with Crippen LogP contribution in [0.1, 0.15) is 29.0 Å². The molecule has 2 amide bonds. The van der Waals surface area contributed by atoms with E-state index in [0.717, 1.165) is 16.9 Å². The zero-order chi connectivity index (χ0) is 17.1. The Kier molecular flexibility index (Phi) is 4.33. The van der Waals surface area contributed by atoms with Gasteiger partial charge in [-0.25, -0.2) is 0 Å². The van der Waals surface area contributed by atoms with Crippen molar-refractivity contribution in [2.24, 2.45) is 0 Å². The first-order chi connectivity index (χ1) is 11.6. The molecule has 1 aliphatic rings. The summed E-state index contributed by atoms with van der Waals surface area (Å²) in [5, 5.41) is 6.15. The van der Waals surface area contributed by atoms with Crippen molar-refractivity contribution in [1.29, 1.82) is 0 Å². The number of benzene rings is 2. The van der Waals surface area contributed by atoms with E-state index in [4.69, 9.17) is 0 Å². The number of nitrogens with zero attached hydrogens (tertiary/aromatic N) is 1. The van der Waals surface area contributed by atoms with Gasteiger partial charge in [-0.3, -0.25) is 9.59 Å². The number of amides is 2. The summed E-state index contributed by atoms with van der Waals surface area (Å²) in [5.74, 6) is -0.142. The van der Waals surface area contributed by atoms with Crippen molar-refractivity contribution in [2.75, 3.05) is 17.2 Å². The maximum atomic E-state index is 12.8. The van der Waals surface area contributed by atoms with Crippen molar-refractivity contribution in [3.8, 4) is 0 Å². The number of carbonyl (C=O) groups excluding carboxylic acids is 2. The highest BCUT2D eigenvalue weighted by atomic mass is 16.2. The second-order valence-corrected chi connectivity index (χ2v) is 5.64. The van der Waals surface area contributed by atoms with Gasteiger partial charge in [0.15, 0.2) is 0 Å². The molecule has 1 heterocycles. The van der Waals surface area contributed by atoms with Crippen LogP contribution in [0.25, 0.3) is 0 Å². The molecular weight excluding hydrogens is 302 g/mol. The quantitative estimate of drug-likeness (QED) is 0.849. The van der Waals surface area contributed by atoms with Crippen LogP contribution < -0.4 is 10.6 Å². The number of fused-ring (bicyclic) bond motifs is 1. The highest BCUT2D eigenvalue weighted by Gasteiger charge is 2.31. The zero-order valence-corrected chi connectivity index (χ0v) is 13.5. The van der Waals surface area contributed by atoms with Crippen LogP contribution in [-0.4, -0.2) is 23.3 Å². The first-order valence-electron chi connectivity index (χ1n) is 7.75. The van der Waals surface area contributed by atoms with Crippen molar-refractivity contribution >= 4 is 23.2 Å². The van der Waals surface area contributed by atoms with Gasteiger partial charge >= 0.3 is 0 Å². The SMILES string of the molecule is C=CCN1C(=O)c2ccccc2N[C@@H]1c1ccc(NC(C)=O)cc1. The molecule has 24 heavy (non-hydrogen) atoms. The van der Waals surface area contributed by atoms with Crippen LogP contribution in [0.15, 0.2) is 61.2 Å². The third-order valence-corrected chi connectivity index (χ3v) is 3.89. The van der Waals surface area contributed by atoms with Gasteiger partial charge in [0.2, 0.25) is 5.91 Å². The molecule has 0 unspecified atom stereocenters. The summed E-state index contributed by atoms with van der Waals surface area (Å²) in [4.78, 5) is 25.7. The first kappa shape index (κ1) is 15.8. The Balaban J connectivity index is 1.94. The molecule has 0 bridgehead atoms. The average molecular weight is 321 g/mol. The van der Waals surface area contributed by atoms with E-state index >= 15 is 0 Å². The standard InChI is InChI=1S/C19H19N3O2/c1-3-12-22-18(14-8-10-15(11-9-14)20-13(2)23)21-17-7-5-4-6-16(17)19(22)24/h3-11,18,21H,1,12H2,2H3,(H,20,23)/t18-/m0/s1. The number of rotatable bonds is 4. The minimum Gasteiger partial charge on any atom is -0.361 e. The molecule has 1 aliphatic heterocycles. The average Bonchev–Trinajstić information content (AvgIpc) is 2.58. The summed E-state index contributed by atoms with van der Waals surface area (Å²) in [5.41, 5.74) is 3.14. The van der Waals surface area contributed by atoms with E-state index in [1.165, 1.54) is 6.92 Å². The van der Waals surface area contributed by atoms with Gasteiger partial charge in [-0.05, 0) is 29.8 Å². The predicted octanol–water partition coefficient (Wildman–Crippen LogP) is 3.40.